The highest BCUT2D eigenvalue weighted by molar-refractivity contribution is 5.68. The van der Waals surface area contributed by atoms with E-state index >= 15 is 0 Å². The number of phenolic OH excluding ortho intramolecular Hbond substituents is 2. The number of hydrogen-bond donors (Lipinski definition) is 2. The lowest BCUT2D eigenvalue weighted by Gasteiger charge is -2.12. The Bertz CT molecular complexity index is 594. The molecule has 2 aromatic carbocycles. The normalized spacial score (nSPS) is 11.3. The second kappa shape index (κ2) is 4.72. The van der Waals surface area contributed by atoms with Gasteiger partial charge in [-0.15, -0.1) is 13.2 Å². The van der Waals surface area contributed by atoms with Crippen LogP contribution in [0.15, 0.2) is 42.5 Å². The van der Waals surface area contributed by atoms with Crippen LogP contribution in [-0.4, -0.2) is 16.6 Å². The lowest BCUT2D eigenvalue weighted by molar-refractivity contribution is -0.275. The molecule has 0 saturated carbocycles. The van der Waals surface area contributed by atoms with E-state index in [1.165, 1.54) is 18.2 Å². The summed E-state index contributed by atoms with van der Waals surface area (Å²) >= 11 is 0. The molecule has 0 aromatic heterocycles. The van der Waals surface area contributed by atoms with E-state index in [1.54, 1.807) is 12.1 Å². The van der Waals surface area contributed by atoms with Crippen molar-refractivity contribution in [3.05, 3.63) is 42.5 Å². The van der Waals surface area contributed by atoms with E-state index in [0.717, 1.165) is 12.1 Å². The van der Waals surface area contributed by atoms with E-state index in [4.69, 9.17) is 0 Å². The first-order chi connectivity index (χ1) is 8.85. The van der Waals surface area contributed by atoms with E-state index in [2.05, 4.69) is 4.74 Å². The first-order valence-electron chi connectivity index (χ1n) is 5.23. The van der Waals surface area contributed by atoms with Gasteiger partial charge in [0.25, 0.3) is 0 Å². The van der Waals surface area contributed by atoms with Gasteiger partial charge in [0, 0.05) is 0 Å². The molecule has 0 aliphatic carbocycles. The minimum Gasteiger partial charge on any atom is -0.508 e. The van der Waals surface area contributed by atoms with Crippen LogP contribution in [0.2, 0.25) is 0 Å². The molecule has 0 aliphatic rings. The molecule has 3 nitrogen and oxygen atoms in total. The van der Waals surface area contributed by atoms with Crippen LogP contribution in [0.4, 0.5) is 13.2 Å². The average Bonchev–Trinajstić information content (AvgIpc) is 2.30. The fourth-order valence-corrected chi connectivity index (χ4v) is 1.59. The van der Waals surface area contributed by atoms with Gasteiger partial charge in [-0.25, -0.2) is 0 Å². The second-order valence-electron chi connectivity index (χ2n) is 3.78. The Morgan fingerprint density at radius 1 is 0.895 bits per heavy atom. The molecule has 0 fully saturated rings. The molecule has 0 bridgehead atoms. The molecule has 6 heteroatoms. The number of alkyl halides is 3. The number of benzene rings is 2. The topological polar surface area (TPSA) is 49.7 Å². The summed E-state index contributed by atoms with van der Waals surface area (Å²) in [4.78, 5) is 0. The quantitative estimate of drug-likeness (QED) is 0.875. The smallest absolute Gasteiger partial charge is 0.508 e. The number of ether oxygens (including phenoxy) is 1. The van der Waals surface area contributed by atoms with Gasteiger partial charge in [0.05, 0.1) is 0 Å². The van der Waals surface area contributed by atoms with Crippen molar-refractivity contribution in [3.8, 4) is 28.4 Å². The van der Waals surface area contributed by atoms with E-state index in [-0.39, 0.29) is 5.75 Å². The highest BCUT2D eigenvalue weighted by atomic mass is 19.4. The third kappa shape index (κ3) is 3.31. The van der Waals surface area contributed by atoms with Crippen LogP contribution >= 0.6 is 0 Å². The van der Waals surface area contributed by atoms with Crippen molar-refractivity contribution in [2.45, 2.75) is 6.36 Å². The van der Waals surface area contributed by atoms with Crippen LogP contribution < -0.4 is 4.74 Å². The zero-order chi connectivity index (χ0) is 14.0. The van der Waals surface area contributed by atoms with Crippen molar-refractivity contribution >= 4 is 0 Å². The zero-order valence-corrected chi connectivity index (χ0v) is 9.48. The predicted molar refractivity (Wildman–Crippen MR) is 61.9 cm³/mol. The summed E-state index contributed by atoms with van der Waals surface area (Å²) in [5, 5.41) is 18.6. The Morgan fingerprint density at radius 3 is 2.21 bits per heavy atom. The number of phenols is 2. The molecule has 0 aliphatic heterocycles. The van der Waals surface area contributed by atoms with Crippen molar-refractivity contribution in [2.24, 2.45) is 0 Å². The Kier molecular flexibility index (Phi) is 3.25. The number of aromatic hydroxyl groups is 2. The maximum absolute atomic E-state index is 12.1. The van der Waals surface area contributed by atoms with Gasteiger partial charge in [-0.1, -0.05) is 18.2 Å². The number of rotatable bonds is 2. The summed E-state index contributed by atoms with van der Waals surface area (Å²) in [5.41, 5.74) is 0.889. The van der Waals surface area contributed by atoms with E-state index < -0.39 is 17.9 Å². The predicted octanol–water partition coefficient (Wildman–Crippen LogP) is 3.66. The summed E-state index contributed by atoms with van der Waals surface area (Å²) in [6.07, 6.45) is -4.88. The minimum absolute atomic E-state index is 0.0103. The van der Waals surface area contributed by atoms with Crippen LogP contribution in [0.5, 0.6) is 17.2 Å². The Labute approximate surface area is 106 Å². The molecule has 19 heavy (non-hydrogen) atoms. The lowest BCUT2D eigenvalue weighted by Crippen LogP contribution is -2.17. The molecule has 2 rings (SSSR count). The monoisotopic (exact) mass is 270 g/mol. The highest BCUT2D eigenvalue weighted by Gasteiger charge is 2.32. The van der Waals surface area contributed by atoms with E-state index in [9.17, 15) is 23.4 Å². The van der Waals surface area contributed by atoms with Gasteiger partial charge >= 0.3 is 6.36 Å². The molecular formula is C13H9F3O3. The fourth-order valence-electron chi connectivity index (χ4n) is 1.59. The van der Waals surface area contributed by atoms with Crippen molar-refractivity contribution in [2.75, 3.05) is 0 Å². The maximum atomic E-state index is 12.1. The summed E-state index contributed by atoms with van der Waals surface area (Å²) in [7, 11) is 0. The van der Waals surface area contributed by atoms with Gasteiger partial charge in [0.1, 0.15) is 5.75 Å². The Hall–Kier alpha value is -2.37. The molecule has 2 N–H and O–H groups in total. The maximum Gasteiger partial charge on any atom is 0.573 e. The third-order valence-corrected chi connectivity index (χ3v) is 2.36. The molecule has 2 aromatic rings. The second-order valence-corrected chi connectivity index (χ2v) is 3.78. The van der Waals surface area contributed by atoms with Gasteiger partial charge in [-0.05, 0) is 35.4 Å². The molecule has 0 spiro atoms. The first-order valence-corrected chi connectivity index (χ1v) is 5.23. The fraction of sp³-hybridized carbons (Fsp3) is 0.0769. The number of halogens is 3. The van der Waals surface area contributed by atoms with Crippen molar-refractivity contribution in [3.63, 3.8) is 0 Å². The van der Waals surface area contributed by atoms with Crippen molar-refractivity contribution < 1.29 is 28.1 Å². The van der Waals surface area contributed by atoms with Crippen molar-refractivity contribution in [1.82, 2.24) is 0 Å². The Balaban J connectivity index is 2.41. The summed E-state index contributed by atoms with van der Waals surface area (Å²) in [6.45, 7) is 0. The van der Waals surface area contributed by atoms with Crippen LogP contribution in [0.25, 0.3) is 11.1 Å². The number of hydrogen-bond acceptors (Lipinski definition) is 3. The minimum atomic E-state index is -4.88. The van der Waals surface area contributed by atoms with Crippen molar-refractivity contribution in [1.29, 1.82) is 0 Å². The van der Waals surface area contributed by atoms with Gasteiger partial charge in [-0.3, -0.25) is 0 Å². The van der Waals surface area contributed by atoms with Gasteiger partial charge in [0.2, 0.25) is 0 Å². The molecular weight excluding hydrogens is 261 g/mol. The van der Waals surface area contributed by atoms with Crippen LogP contribution in [0, 0.1) is 0 Å². The highest BCUT2D eigenvalue weighted by Crippen LogP contribution is 2.35. The summed E-state index contributed by atoms with van der Waals surface area (Å²) in [6, 6.07) is 9.58. The standard InChI is InChI=1S/C13H9F3O3/c14-13(15,16)19-12-7-9(4-5-11(12)18)8-2-1-3-10(17)6-8/h1-7,17-18H. The molecule has 0 amide bonds. The molecule has 0 radical (unpaired) electrons. The van der Waals surface area contributed by atoms with Crippen LogP contribution in [0.1, 0.15) is 0 Å². The van der Waals surface area contributed by atoms with E-state index in [1.807, 2.05) is 0 Å². The third-order valence-electron chi connectivity index (χ3n) is 2.36. The summed E-state index contributed by atoms with van der Waals surface area (Å²) in [5.74, 6) is -1.31. The van der Waals surface area contributed by atoms with Gasteiger partial charge < -0.3 is 14.9 Å². The Morgan fingerprint density at radius 2 is 1.58 bits per heavy atom. The molecule has 0 saturated heterocycles. The molecule has 0 atom stereocenters. The van der Waals surface area contributed by atoms with Crippen LogP contribution in [-0.2, 0) is 0 Å². The molecule has 0 unspecified atom stereocenters. The van der Waals surface area contributed by atoms with E-state index in [0.29, 0.717) is 11.1 Å². The van der Waals surface area contributed by atoms with Gasteiger partial charge in [0.15, 0.2) is 11.5 Å². The van der Waals surface area contributed by atoms with Crippen LogP contribution in [0.3, 0.4) is 0 Å². The van der Waals surface area contributed by atoms with Gasteiger partial charge in [-0.2, -0.15) is 0 Å². The largest absolute Gasteiger partial charge is 0.573 e. The lowest BCUT2D eigenvalue weighted by atomic mass is 10.0. The SMILES string of the molecule is Oc1cccc(-c2ccc(O)c(OC(F)(F)F)c2)c1. The summed E-state index contributed by atoms with van der Waals surface area (Å²) < 4.78 is 40.2. The molecule has 0 heterocycles. The average molecular weight is 270 g/mol. The molecule has 100 valence electrons. The zero-order valence-electron chi connectivity index (χ0n) is 9.48. The first kappa shape index (κ1) is 13.1.